The Bertz CT molecular complexity index is 1230. The van der Waals surface area contributed by atoms with E-state index in [0.717, 1.165) is 29.7 Å². The number of aromatic hydroxyl groups is 1. The molecule has 0 saturated carbocycles. The highest BCUT2D eigenvalue weighted by atomic mass is 19.1. The molecule has 2 amide bonds. The lowest BCUT2D eigenvalue weighted by Crippen LogP contribution is -2.41. The van der Waals surface area contributed by atoms with Gasteiger partial charge >= 0.3 is 0 Å². The van der Waals surface area contributed by atoms with Crippen LogP contribution in [0.1, 0.15) is 50.2 Å². The largest absolute Gasteiger partial charge is 0.507 e. The molecule has 0 spiro atoms. The number of rotatable bonds is 7. The van der Waals surface area contributed by atoms with Crippen LogP contribution in [0.25, 0.3) is 0 Å². The number of nitrogens with zero attached hydrogens (tertiary/aromatic N) is 1. The van der Waals surface area contributed by atoms with E-state index >= 15 is 0 Å². The van der Waals surface area contributed by atoms with Crippen molar-refractivity contribution in [1.29, 1.82) is 0 Å². The number of phenols is 1. The minimum absolute atomic E-state index is 0.0527. The van der Waals surface area contributed by atoms with Crippen molar-refractivity contribution >= 4 is 11.8 Å². The van der Waals surface area contributed by atoms with Crippen LogP contribution in [0.5, 0.6) is 5.75 Å². The number of ether oxygens (including phenoxy) is 1. The molecule has 3 aromatic rings. The van der Waals surface area contributed by atoms with Crippen molar-refractivity contribution in [3.63, 3.8) is 0 Å². The van der Waals surface area contributed by atoms with Crippen LogP contribution >= 0.6 is 0 Å². The van der Waals surface area contributed by atoms with Crippen molar-refractivity contribution < 1.29 is 23.8 Å². The number of halogens is 1. The van der Waals surface area contributed by atoms with Gasteiger partial charge in [-0.25, -0.2) is 4.39 Å². The summed E-state index contributed by atoms with van der Waals surface area (Å²) in [6.45, 7) is 1.18. The summed E-state index contributed by atoms with van der Waals surface area (Å²) in [4.78, 5) is 27.1. The molecular formula is C27H28FN3O4. The number of amides is 2. The van der Waals surface area contributed by atoms with Crippen molar-refractivity contribution in [2.75, 3.05) is 20.6 Å². The van der Waals surface area contributed by atoms with Crippen molar-refractivity contribution in [2.24, 2.45) is 0 Å². The highest BCUT2D eigenvalue weighted by Crippen LogP contribution is 2.45. The summed E-state index contributed by atoms with van der Waals surface area (Å²) >= 11 is 0. The van der Waals surface area contributed by atoms with Crippen LogP contribution in [-0.2, 0) is 16.9 Å². The molecule has 3 N–H and O–H groups in total. The number of fused-ring (bicyclic) bond motifs is 1. The molecular weight excluding hydrogens is 449 g/mol. The molecule has 1 unspecified atom stereocenters. The molecule has 7 nitrogen and oxygen atoms in total. The zero-order chi connectivity index (χ0) is 25.0. The first kappa shape index (κ1) is 24.4. The van der Waals surface area contributed by atoms with Crippen LogP contribution in [0.2, 0.25) is 0 Å². The lowest BCUT2D eigenvalue weighted by atomic mass is 9.81. The first-order chi connectivity index (χ1) is 16.8. The molecule has 0 fully saturated rings. The lowest BCUT2D eigenvalue weighted by molar-refractivity contribution is -0.0140. The molecule has 182 valence electrons. The second-order valence-corrected chi connectivity index (χ2v) is 8.83. The molecule has 3 aromatic carbocycles. The molecule has 0 bridgehead atoms. The molecule has 35 heavy (non-hydrogen) atoms. The standard InChI is InChI=1S/C27H28FN3O4/c1-31(2)15-5-14-27(20-9-11-21(28)12-10-20)23-13-8-18(16-19(23)17-35-27)25(33)29-30-26(34)22-6-3-4-7-24(22)32/h3-4,6-13,16,32H,5,14-15,17H2,1-2H3,(H,29,33)(H,30,34). The summed E-state index contributed by atoms with van der Waals surface area (Å²) in [6.07, 6.45) is 1.57. The first-order valence-corrected chi connectivity index (χ1v) is 11.4. The summed E-state index contributed by atoms with van der Waals surface area (Å²) in [5, 5.41) is 9.81. The predicted octanol–water partition coefficient (Wildman–Crippen LogP) is 3.72. The Morgan fingerprint density at radius 1 is 1.03 bits per heavy atom. The van der Waals surface area contributed by atoms with Crippen LogP contribution in [-0.4, -0.2) is 42.5 Å². The van der Waals surface area contributed by atoms with Crippen LogP contribution < -0.4 is 10.9 Å². The van der Waals surface area contributed by atoms with Gasteiger partial charge in [-0.1, -0.05) is 30.3 Å². The monoisotopic (exact) mass is 477 g/mol. The molecule has 0 aliphatic carbocycles. The third-order valence-corrected chi connectivity index (χ3v) is 6.16. The number of carbonyl (C=O) groups excluding carboxylic acids is 2. The number of para-hydroxylation sites is 1. The number of hydrogen-bond acceptors (Lipinski definition) is 5. The Morgan fingerprint density at radius 3 is 2.46 bits per heavy atom. The van der Waals surface area contributed by atoms with Crippen LogP contribution in [0.15, 0.2) is 66.7 Å². The maximum absolute atomic E-state index is 13.6. The van der Waals surface area contributed by atoms with Gasteiger partial charge in [0.25, 0.3) is 11.8 Å². The van der Waals surface area contributed by atoms with Gasteiger partial charge in [-0.05, 0) is 86.6 Å². The number of phenolic OH excluding ortho intramolecular Hbond substituents is 1. The summed E-state index contributed by atoms with van der Waals surface area (Å²) in [6, 6.07) is 17.7. The van der Waals surface area contributed by atoms with E-state index in [0.29, 0.717) is 18.6 Å². The van der Waals surface area contributed by atoms with Crippen LogP contribution in [0, 0.1) is 5.82 Å². The van der Waals surface area contributed by atoms with E-state index in [1.54, 1.807) is 36.4 Å². The smallest absolute Gasteiger partial charge is 0.273 e. The quantitative estimate of drug-likeness (QED) is 0.451. The van der Waals surface area contributed by atoms with Gasteiger partial charge < -0.3 is 14.7 Å². The molecule has 1 heterocycles. The number of benzene rings is 3. The lowest BCUT2D eigenvalue weighted by Gasteiger charge is -2.31. The highest BCUT2D eigenvalue weighted by molar-refractivity contribution is 6.00. The van der Waals surface area contributed by atoms with Crippen molar-refractivity contribution in [3.8, 4) is 5.75 Å². The zero-order valence-electron chi connectivity index (χ0n) is 19.7. The minimum Gasteiger partial charge on any atom is -0.507 e. The van der Waals surface area contributed by atoms with Gasteiger partial charge in [0.05, 0.1) is 12.2 Å². The Morgan fingerprint density at radius 2 is 1.74 bits per heavy atom. The van der Waals surface area contributed by atoms with Gasteiger partial charge in [-0.2, -0.15) is 0 Å². The maximum Gasteiger partial charge on any atom is 0.273 e. The fraction of sp³-hybridized carbons (Fsp3) is 0.259. The zero-order valence-corrected chi connectivity index (χ0v) is 19.7. The Labute approximate surface area is 203 Å². The van der Waals surface area contributed by atoms with E-state index in [-0.39, 0.29) is 17.1 Å². The summed E-state index contributed by atoms with van der Waals surface area (Å²) in [5.74, 6) is -1.62. The van der Waals surface area contributed by atoms with Gasteiger partial charge in [-0.15, -0.1) is 0 Å². The molecule has 1 aliphatic heterocycles. The van der Waals surface area contributed by atoms with Gasteiger partial charge in [0, 0.05) is 5.56 Å². The van der Waals surface area contributed by atoms with Gasteiger partial charge in [-0.3, -0.25) is 20.4 Å². The van der Waals surface area contributed by atoms with Crippen molar-refractivity contribution in [2.45, 2.75) is 25.0 Å². The summed E-state index contributed by atoms with van der Waals surface area (Å²) in [5.41, 5.74) is 7.05. The second-order valence-electron chi connectivity index (χ2n) is 8.83. The third-order valence-electron chi connectivity index (χ3n) is 6.16. The second kappa shape index (κ2) is 10.2. The third kappa shape index (κ3) is 5.18. The molecule has 1 atom stereocenters. The molecule has 8 heteroatoms. The van der Waals surface area contributed by atoms with Crippen LogP contribution in [0.3, 0.4) is 0 Å². The fourth-order valence-electron chi connectivity index (χ4n) is 4.40. The van der Waals surface area contributed by atoms with Gasteiger partial charge in [0.15, 0.2) is 0 Å². The SMILES string of the molecule is CN(C)CCCC1(c2ccc(F)cc2)OCc2cc(C(=O)NNC(=O)c3ccccc3O)ccc21. The molecule has 4 rings (SSSR count). The topological polar surface area (TPSA) is 90.9 Å². The van der Waals surface area contributed by atoms with Crippen LogP contribution in [0.4, 0.5) is 4.39 Å². The Balaban J connectivity index is 1.54. The maximum atomic E-state index is 13.6. The molecule has 0 aromatic heterocycles. The molecule has 0 saturated heterocycles. The van der Waals surface area contributed by atoms with E-state index < -0.39 is 17.4 Å². The minimum atomic E-state index is -0.729. The summed E-state index contributed by atoms with van der Waals surface area (Å²) in [7, 11) is 4.02. The number of hydrogen-bond donors (Lipinski definition) is 3. The Hall–Kier alpha value is -3.75. The normalized spacial score (nSPS) is 16.7. The van der Waals surface area contributed by atoms with Gasteiger partial charge in [0.1, 0.15) is 17.2 Å². The van der Waals surface area contributed by atoms with Crippen molar-refractivity contribution in [1.82, 2.24) is 15.8 Å². The number of nitrogens with one attached hydrogen (secondary N) is 2. The average molecular weight is 478 g/mol. The van der Waals surface area contributed by atoms with E-state index in [4.69, 9.17) is 4.74 Å². The Kier molecular flexibility index (Phi) is 7.14. The fourth-order valence-corrected chi connectivity index (χ4v) is 4.40. The number of carbonyl (C=O) groups is 2. The number of hydrazine groups is 1. The van der Waals surface area contributed by atoms with E-state index in [1.807, 2.05) is 20.2 Å². The van der Waals surface area contributed by atoms with Crippen molar-refractivity contribution in [3.05, 3.63) is 100 Å². The molecule has 0 radical (unpaired) electrons. The summed E-state index contributed by atoms with van der Waals surface area (Å²) < 4.78 is 20.0. The predicted molar refractivity (Wildman–Crippen MR) is 129 cm³/mol. The highest BCUT2D eigenvalue weighted by Gasteiger charge is 2.41. The van der Waals surface area contributed by atoms with E-state index in [9.17, 15) is 19.1 Å². The first-order valence-electron chi connectivity index (χ1n) is 11.4. The molecule has 1 aliphatic rings. The average Bonchev–Trinajstić information content (AvgIpc) is 3.21. The van der Waals surface area contributed by atoms with E-state index in [2.05, 4.69) is 15.8 Å². The van der Waals surface area contributed by atoms with Gasteiger partial charge in [0.2, 0.25) is 0 Å². The van der Waals surface area contributed by atoms with E-state index in [1.165, 1.54) is 24.3 Å².